The number of halogens is 2. The molecule has 18 heavy (non-hydrogen) atoms. The Hall–Kier alpha value is -1.69. The first-order valence-corrected chi connectivity index (χ1v) is 6.22. The van der Waals surface area contributed by atoms with E-state index in [0.717, 1.165) is 12.8 Å². The summed E-state index contributed by atoms with van der Waals surface area (Å²) in [6.07, 6.45) is 2.60. The van der Waals surface area contributed by atoms with Gasteiger partial charge in [0, 0.05) is 5.57 Å². The predicted octanol–water partition coefficient (Wildman–Crippen LogP) is 4.84. The zero-order valence-electron chi connectivity index (χ0n) is 10.8. The zero-order chi connectivity index (χ0) is 13.5. The number of benzene rings is 1. The van der Waals surface area contributed by atoms with Crippen molar-refractivity contribution in [3.63, 3.8) is 0 Å². The van der Waals surface area contributed by atoms with Crippen molar-refractivity contribution in [3.8, 4) is 6.07 Å². The molecule has 1 nitrogen and oxygen atoms in total. The molecule has 0 fully saturated rings. The van der Waals surface area contributed by atoms with Gasteiger partial charge in [0.25, 0.3) is 0 Å². The van der Waals surface area contributed by atoms with Gasteiger partial charge in [-0.1, -0.05) is 32.8 Å². The lowest BCUT2D eigenvalue weighted by Gasteiger charge is -2.12. The summed E-state index contributed by atoms with van der Waals surface area (Å²) in [4.78, 5) is 0. The van der Waals surface area contributed by atoms with Crippen molar-refractivity contribution in [2.75, 3.05) is 0 Å². The maximum atomic E-state index is 13.8. The molecule has 0 saturated heterocycles. The average molecular weight is 249 g/mol. The highest BCUT2D eigenvalue weighted by Crippen LogP contribution is 2.30. The van der Waals surface area contributed by atoms with Crippen LogP contribution in [0.25, 0.3) is 5.57 Å². The maximum Gasteiger partial charge on any atom is 0.133 e. The van der Waals surface area contributed by atoms with Crippen LogP contribution in [0.15, 0.2) is 23.8 Å². The molecule has 3 heteroatoms. The van der Waals surface area contributed by atoms with E-state index >= 15 is 0 Å². The van der Waals surface area contributed by atoms with E-state index in [-0.39, 0.29) is 5.56 Å². The molecule has 96 valence electrons. The van der Waals surface area contributed by atoms with Crippen LogP contribution in [-0.4, -0.2) is 0 Å². The Balaban J connectivity index is 3.41. The molecular weight excluding hydrogens is 232 g/mol. The minimum absolute atomic E-state index is 0.0376. The van der Waals surface area contributed by atoms with Gasteiger partial charge in [-0.2, -0.15) is 5.26 Å². The fraction of sp³-hybridized carbons (Fsp3) is 0.400. The second kappa shape index (κ2) is 6.90. The highest BCUT2D eigenvalue weighted by molar-refractivity contribution is 5.72. The number of hydrogen-bond donors (Lipinski definition) is 0. The Morgan fingerprint density at radius 1 is 1.11 bits per heavy atom. The van der Waals surface area contributed by atoms with Crippen molar-refractivity contribution in [2.24, 2.45) is 0 Å². The van der Waals surface area contributed by atoms with Crippen LogP contribution < -0.4 is 0 Å². The number of rotatable bonds is 5. The normalized spacial score (nSPS) is 11.9. The molecule has 0 heterocycles. The van der Waals surface area contributed by atoms with E-state index in [1.807, 2.05) is 13.8 Å². The summed E-state index contributed by atoms with van der Waals surface area (Å²) in [6, 6.07) is 5.89. The molecule has 0 aliphatic carbocycles. The molecule has 0 bridgehead atoms. The topological polar surface area (TPSA) is 23.8 Å². The molecule has 0 radical (unpaired) electrons. The Kier molecular flexibility index (Phi) is 5.51. The first kappa shape index (κ1) is 14.4. The fourth-order valence-corrected chi connectivity index (χ4v) is 1.99. The summed E-state index contributed by atoms with van der Waals surface area (Å²) in [7, 11) is 0. The van der Waals surface area contributed by atoms with Gasteiger partial charge in [0.1, 0.15) is 11.6 Å². The van der Waals surface area contributed by atoms with Gasteiger partial charge in [0.2, 0.25) is 0 Å². The van der Waals surface area contributed by atoms with E-state index in [0.29, 0.717) is 24.0 Å². The molecule has 0 amide bonds. The van der Waals surface area contributed by atoms with Crippen molar-refractivity contribution in [3.05, 3.63) is 41.0 Å². The number of nitrogens with zero attached hydrogens (tertiary/aromatic N) is 1. The summed E-state index contributed by atoms with van der Waals surface area (Å²) in [5, 5.41) is 9.14. The van der Waals surface area contributed by atoms with Crippen LogP contribution in [-0.2, 0) is 0 Å². The summed E-state index contributed by atoms with van der Waals surface area (Å²) in [5.41, 5.74) is 0.963. The first-order valence-electron chi connectivity index (χ1n) is 6.22. The van der Waals surface area contributed by atoms with Gasteiger partial charge in [0.15, 0.2) is 0 Å². The van der Waals surface area contributed by atoms with Gasteiger partial charge in [-0.15, -0.1) is 0 Å². The van der Waals surface area contributed by atoms with Crippen molar-refractivity contribution in [1.29, 1.82) is 5.26 Å². The van der Waals surface area contributed by atoms with E-state index in [1.54, 1.807) is 0 Å². The monoisotopic (exact) mass is 249 g/mol. The van der Waals surface area contributed by atoms with Crippen LogP contribution in [0.2, 0.25) is 0 Å². The van der Waals surface area contributed by atoms with Gasteiger partial charge < -0.3 is 0 Å². The third kappa shape index (κ3) is 3.16. The molecule has 0 saturated carbocycles. The summed E-state index contributed by atoms with van der Waals surface area (Å²) >= 11 is 0. The van der Waals surface area contributed by atoms with Crippen molar-refractivity contribution in [2.45, 2.75) is 39.5 Å². The Labute approximate surface area is 107 Å². The fourth-order valence-electron chi connectivity index (χ4n) is 1.99. The molecule has 0 N–H and O–H groups in total. The first-order chi connectivity index (χ1) is 8.65. The minimum Gasteiger partial charge on any atom is -0.206 e. The van der Waals surface area contributed by atoms with Gasteiger partial charge >= 0.3 is 0 Å². The molecule has 1 rings (SSSR count). The summed E-state index contributed by atoms with van der Waals surface area (Å²) < 4.78 is 27.6. The second-order valence-corrected chi connectivity index (χ2v) is 4.17. The smallest absolute Gasteiger partial charge is 0.133 e. The quantitative estimate of drug-likeness (QED) is 0.685. The highest BCUT2D eigenvalue weighted by atomic mass is 19.1. The number of nitriles is 1. The van der Waals surface area contributed by atoms with Crippen LogP contribution in [0.4, 0.5) is 8.78 Å². The van der Waals surface area contributed by atoms with Crippen LogP contribution in [0, 0.1) is 23.0 Å². The van der Waals surface area contributed by atoms with Crippen molar-refractivity contribution in [1.82, 2.24) is 0 Å². The van der Waals surface area contributed by atoms with E-state index in [1.165, 1.54) is 18.2 Å². The standard InChI is InChI=1S/C15H17F2N/c1-3-6-11(10-18)12(7-4-2)15-13(16)8-5-9-14(15)17/h5,8-9H,3-4,6-7H2,1-2H3/b12-11-. The lowest BCUT2D eigenvalue weighted by Crippen LogP contribution is -1.98. The average Bonchev–Trinajstić information content (AvgIpc) is 2.35. The van der Waals surface area contributed by atoms with E-state index in [9.17, 15) is 8.78 Å². The Bertz CT molecular complexity index is 464. The molecule has 0 spiro atoms. The van der Waals surface area contributed by atoms with E-state index in [4.69, 9.17) is 5.26 Å². The van der Waals surface area contributed by atoms with Gasteiger partial charge in [-0.25, -0.2) is 8.78 Å². The molecule has 0 atom stereocenters. The highest BCUT2D eigenvalue weighted by Gasteiger charge is 2.16. The second-order valence-electron chi connectivity index (χ2n) is 4.17. The summed E-state index contributed by atoms with van der Waals surface area (Å²) in [5.74, 6) is -1.19. The molecule has 0 aliphatic heterocycles. The van der Waals surface area contributed by atoms with Crippen LogP contribution in [0.5, 0.6) is 0 Å². The predicted molar refractivity (Wildman–Crippen MR) is 68.7 cm³/mol. The van der Waals surface area contributed by atoms with Crippen LogP contribution in [0.3, 0.4) is 0 Å². The molecule has 1 aromatic rings. The van der Waals surface area contributed by atoms with Crippen molar-refractivity contribution < 1.29 is 8.78 Å². The SMILES string of the molecule is CCC/C(C#N)=C(\CCC)c1c(F)cccc1F. The molecule has 0 aliphatic rings. The van der Waals surface area contributed by atoms with E-state index in [2.05, 4.69) is 6.07 Å². The summed E-state index contributed by atoms with van der Waals surface area (Å²) in [6.45, 7) is 3.87. The third-order valence-electron chi connectivity index (χ3n) is 2.76. The van der Waals surface area contributed by atoms with Crippen molar-refractivity contribution >= 4 is 5.57 Å². The van der Waals surface area contributed by atoms with Crippen LogP contribution >= 0.6 is 0 Å². The number of hydrogen-bond acceptors (Lipinski definition) is 1. The molecule has 0 aromatic heterocycles. The maximum absolute atomic E-state index is 13.8. The number of allylic oxidation sites excluding steroid dienone is 2. The van der Waals surface area contributed by atoms with Gasteiger partial charge in [0.05, 0.1) is 11.6 Å². The largest absolute Gasteiger partial charge is 0.206 e. The van der Waals surface area contributed by atoms with E-state index < -0.39 is 11.6 Å². The lowest BCUT2D eigenvalue weighted by atomic mass is 9.93. The Morgan fingerprint density at radius 2 is 1.67 bits per heavy atom. The molecule has 1 aromatic carbocycles. The lowest BCUT2D eigenvalue weighted by molar-refractivity contribution is 0.575. The van der Waals surface area contributed by atoms with Gasteiger partial charge in [-0.3, -0.25) is 0 Å². The molecular formula is C15H17F2N. The van der Waals surface area contributed by atoms with Crippen LogP contribution in [0.1, 0.15) is 45.1 Å². The minimum atomic E-state index is -0.595. The molecule has 0 unspecified atom stereocenters. The zero-order valence-corrected chi connectivity index (χ0v) is 10.8. The van der Waals surface area contributed by atoms with Gasteiger partial charge in [-0.05, 0) is 30.5 Å². The third-order valence-corrected chi connectivity index (χ3v) is 2.76. The Morgan fingerprint density at radius 3 is 2.11 bits per heavy atom.